The van der Waals surface area contributed by atoms with E-state index in [1.807, 2.05) is 6.07 Å². The maximum atomic E-state index is 11.9. The Morgan fingerprint density at radius 1 is 0.621 bits per heavy atom. The van der Waals surface area contributed by atoms with E-state index in [9.17, 15) is 24.0 Å². The van der Waals surface area contributed by atoms with Crippen LogP contribution in [-0.2, 0) is 14.2 Å². The molecule has 66 heavy (non-hydrogen) atoms. The van der Waals surface area contributed by atoms with E-state index >= 15 is 0 Å². The predicted octanol–water partition coefficient (Wildman–Crippen LogP) is 9.42. The zero-order valence-corrected chi connectivity index (χ0v) is 39.9. The van der Waals surface area contributed by atoms with E-state index in [-0.39, 0.29) is 11.6 Å². The number of ether oxygens (including phenoxy) is 3. The number of nitrogens with two attached hydrogens (primary N) is 1. The Balaban J connectivity index is 0.000000227. The molecule has 4 aromatic heterocycles. The van der Waals surface area contributed by atoms with Crippen LogP contribution in [0.4, 0.5) is 60.0 Å². The van der Waals surface area contributed by atoms with Gasteiger partial charge in [-0.2, -0.15) is 20.3 Å². The second-order valence-corrected chi connectivity index (χ2v) is 18.4. The topological polar surface area (TPSA) is 310 Å². The van der Waals surface area contributed by atoms with E-state index < -0.39 is 35.1 Å². The van der Waals surface area contributed by atoms with Crippen LogP contribution < -0.4 is 37.6 Å². The molecule has 0 saturated heterocycles. The predicted molar refractivity (Wildman–Crippen MR) is 259 cm³/mol. The van der Waals surface area contributed by atoms with E-state index in [1.165, 1.54) is 31.3 Å². The smallest absolute Gasteiger partial charge is 0.413 e. The summed E-state index contributed by atoms with van der Waals surface area (Å²) in [5.74, 6) is 1.90. The van der Waals surface area contributed by atoms with Gasteiger partial charge in [-0.25, -0.2) is 14.4 Å². The number of amides is 3. The summed E-state index contributed by atoms with van der Waals surface area (Å²) in [7, 11) is 0. The number of hydrogen-bond acceptors (Lipinski definition) is 16. The zero-order chi connectivity index (χ0) is 49.0. The van der Waals surface area contributed by atoms with Crippen molar-refractivity contribution in [3.8, 4) is 0 Å². The Bertz CT molecular complexity index is 2670. The second kappa shape index (κ2) is 21.9. The van der Waals surface area contributed by atoms with Crippen LogP contribution in [0.3, 0.4) is 0 Å². The van der Waals surface area contributed by atoms with Crippen LogP contribution in [0, 0.1) is 0 Å². The third-order valence-electron chi connectivity index (χ3n) is 7.46. The SMILES string of the molecule is CC(=O)c1cccc(NC(=S)Nc2cc(NC(=O)OC(C)(C)C)[nH]n2)c1.CC(=O)c1cccc(Nc2nc3n[nH]c(NC(=O)OC(C)(C)C)c3s2)c1.CC(C)(C)OC(=O)Nc1cc(N)[nH]n1. The van der Waals surface area contributed by atoms with Crippen molar-refractivity contribution in [2.75, 3.05) is 37.6 Å². The average Bonchev–Trinajstić information content (AvgIpc) is 3.97. The Hall–Kier alpha value is -7.60. The highest BCUT2D eigenvalue weighted by Crippen LogP contribution is 2.32. The molecule has 6 rings (SSSR count). The molecular formula is C42H54N14O8S2. The molecule has 4 heterocycles. The lowest BCUT2D eigenvalue weighted by atomic mass is 10.1. The molecule has 11 N–H and O–H groups in total. The highest BCUT2D eigenvalue weighted by molar-refractivity contribution is 7.80. The number of thiazole rings is 1. The highest BCUT2D eigenvalue weighted by atomic mass is 32.1. The lowest BCUT2D eigenvalue weighted by Gasteiger charge is -2.19. The average molecular weight is 947 g/mol. The van der Waals surface area contributed by atoms with Crippen LogP contribution in [0.25, 0.3) is 10.3 Å². The van der Waals surface area contributed by atoms with Gasteiger partial charge >= 0.3 is 18.3 Å². The molecule has 352 valence electrons. The number of rotatable bonds is 9. The number of thiocarbonyl (C=S) groups is 1. The molecule has 0 spiro atoms. The Labute approximate surface area is 389 Å². The Kier molecular flexibility index (Phi) is 16.9. The van der Waals surface area contributed by atoms with Gasteiger partial charge in [0.15, 0.2) is 44.9 Å². The lowest BCUT2D eigenvalue weighted by molar-refractivity contribution is 0.0624. The Morgan fingerprint density at radius 3 is 1.68 bits per heavy atom. The van der Waals surface area contributed by atoms with Crippen LogP contribution in [0.1, 0.15) is 96.9 Å². The van der Waals surface area contributed by atoms with Crippen molar-refractivity contribution in [2.24, 2.45) is 0 Å². The van der Waals surface area contributed by atoms with Gasteiger partial charge in [0.25, 0.3) is 0 Å². The van der Waals surface area contributed by atoms with E-state index in [0.717, 1.165) is 5.69 Å². The third-order valence-corrected chi connectivity index (χ3v) is 8.65. The number of fused-ring (bicyclic) bond motifs is 1. The molecule has 6 aromatic rings. The quantitative estimate of drug-likeness (QED) is 0.0366. The van der Waals surface area contributed by atoms with Crippen LogP contribution in [0.5, 0.6) is 0 Å². The van der Waals surface area contributed by atoms with Crippen LogP contribution in [0.2, 0.25) is 0 Å². The number of nitrogens with one attached hydrogen (secondary N) is 9. The number of Topliss-reactive ketones (excluding diaryl/α,β-unsaturated/α-hetero) is 2. The number of nitrogens with zero attached hydrogens (tertiary/aromatic N) is 4. The van der Waals surface area contributed by atoms with Gasteiger partial charge in [-0.1, -0.05) is 35.6 Å². The standard InChI is InChI=1S/C17H19N5O3S.C17H21N5O3S.C8H14N4O2/c1-9(23)10-6-5-7-11(8-10)18-15-19-13-12(26-15)14(22-21-13)20-16(24)25-17(2,3)4;1-10(23)11-6-5-7-12(8-11)18-15(26)19-13-9-14(22-21-13)20-16(24)25-17(2,3)4;1-8(2,3)14-7(13)10-6-4-5(9)11-12-6/h5-8H,1-4H3,(H3,18,19,20,21,22,24);5-9H,1-4H3,(H4,18,19,20,21,22,24,26);4H,1-3H3,(H4,9,10,11,12,13). The van der Waals surface area contributed by atoms with Gasteiger partial charge in [0.2, 0.25) is 0 Å². The molecule has 0 atom stereocenters. The fraction of sp³-hybridized carbons (Fsp3) is 0.333. The minimum atomic E-state index is -0.592. The van der Waals surface area contributed by atoms with Crippen LogP contribution in [-0.4, -0.2) is 87.3 Å². The lowest BCUT2D eigenvalue weighted by Crippen LogP contribution is -2.27. The molecular weight excluding hydrogens is 893 g/mol. The molecule has 0 bridgehead atoms. The molecule has 0 saturated carbocycles. The number of H-pyrrole nitrogens is 3. The molecule has 2 aromatic carbocycles. The van der Waals surface area contributed by atoms with Crippen molar-refractivity contribution in [3.05, 3.63) is 71.8 Å². The Morgan fingerprint density at radius 2 is 1.14 bits per heavy atom. The summed E-state index contributed by atoms with van der Waals surface area (Å²) in [6.07, 6.45) is -1.71. The molecule has 24 heteroatoms. The van der Waals surface area contributed by atoms with Crippen molar-refractivity contribution in [3.63, 3.8) is 0 Å². The summed E-state index contributed by atoms with van der Waals surface area (Å²) >= 11 is 6.55. The number of aromatic amines is 3. The first-order chi connectivity index (χ1) is 30.7. The fourth-order valence-electron chi connectivity index (χ4n) is 4.96. The van der Waals surface area contributed by atoms with E-state index in [0.29, 0.717) is 66.5 Å². The number of anilines is 8. The summed E-state index contributed by atoms with van der Waals surface area (Å²) in [4.78, 5) is 62.1. The highest BCUT2D eigenvalue weighted by Gasteiger charge is 2.21. The van der Waals surface area contributed by atoms with Gasteiger partial charge < -0.3 is 35.9 Å². The minimum Gasteiger partial charge on any atom is -0.444 e. The fourth-order valence-corrected chi connectivity index (χ4v) is 6.06. The number of carbonyl (C=O) groups is 5. The molecule has 0 aliphatic carbocycles. The summed E-state index contributed by atoms with van der Waals surface area (Å²) in [6.45, 7) is 19.1. The molecule has 0 radical (unpaired) electrons. The summed E-state index contributed by atoms with van der Waals surface area (Å²) < 4.78 is 16.1. The summed E-state index contributed by atoms with van der Waals surface area (Å²) in [6, 6.07) is 17.2. The van der Waals surface area contributed by atoms with E-state index in [2.05, 4.69) is 67.5 Å². The van der Waals surface area contributed by atoms with Crippen molar-refractivity contribution in [2.45, 2.75) is 93.0 Å². The summed E-state index contributed by atoms with van der Waals surface area (Å²) in [5.41, 5.74) is 6.77. The maximum absolute atomic E-state index is 11.9. The van der Waals surface area contributed by atoms with Gasteiger partial charge in [-0.05, 0) is 113 Å². The molecule has 3 amide bonds. The van der Waals surface area contributed by atoms with Gasteiger partial charge in [-0.15, -0.1) is 0 Å². The molecule has 0 aliphatic heterocycles. The number of carbonyl (C=O) groups excluding carboxylic acids is 5. The molecule has 0 fully saturated rings. The summed E-state index contributed by atoms with van der Waals surface area (Å²) in [5, 5.41) is 37.2. The first-order valence-electron chi connectivity index (χ1n) is 20.0. The van der Waals surface area contributed by atoms with Crippen molar-refractivity contribution < 1.29 is 38.2 Å². The third kappa shape index (κ3) is 17.9. The molecule has 0 unspecified atom stereocenters. The van der Waals surface area contributed by atoms with Gasteiger partial charge in [-0.3, -0.25) is 40.8 Å². The maximum Gasteiger partial charge on any atom is 0.413 e. The van der Waals surface area contributed by atoms with Gasteiger partial charge in [0.1, 0.15) is 33.1 Å². The number of ketones is 2. The number of aromatic nitrogens is 7. The van der Waals surface area contributed by atoms with Crippen molar-refractivity contribution >= 4 is 114 Å². The number of benzene rings is 2. The van der Waals surface area contributed by atoms with Gasteiger partial charge in [0, 0.05) is 34.6 Å². The second-order valence-electron chi connectivity index (χ2n) is 17.0. The first-order valence-corrected chi connectivity index (χ1v) is 21.2. The minimum absolute atomic E-state index is 0.00772. The van der Waals surface area contributed by atoms with Crippen LogP contribution >= 0.6 is 23.6 Å². The number of nitrogen functional groups attached to an aromatic ring is 1. The zero-order valence-electron chi connectivity index (χ0n) is 38.2. The van der Waals surface area contributed by atoms with Crippen molar-refractivity contribution in [1.29, 1.82) is 0 Å². The van der Waals surface area contributed by atoms with Gasteiger partial charge in [0.05, 0.1) is 0 Å². The first kappa shape index (κ1) is 51.0. The number of hydrogen-bond donors (Lipinski definition) is 10. The monoisotopic (exact) mass is 946 g/mol. The van der Waals surface area contributed by atoms with Crippen LogP contribution in [0.15, 0.2) is 60.7 Å². The normalized spacial score (nSPS) is 11.1. The molecule has 22 nitrogen and oxygen atoms in total. The largest absolute Gasteiger partial charge is 0.444 e. The van der Waals surface area contributed by atoms with E-state index in [4.69, 9.17) is 32.2 Å². The molecule has 0 aliphatic rings. The van der Waals surface area contributed by atoms with E-state index in [1.54, 1.807) is 111 Å². The van der Waals surface area contributed by atoms with Crippen molar-refractivity contribution in [1.82, 2.24) is 35.6 Å².